The van der Waals surface area contributed by atoms with Crippen molar-refractivity contribution in [1.82, 2.24) is 5.43 Å². The fourth-order valence-corrected chi connectivity index (χ4v) is 1.38. The van der Waals surface area contributed by atoms with Crippen LogP contribution in [0.5, 0.6) is 0 Å². The molecule has 3 N–H and O–H groups in total. The number of urea groups is 1. The molecule has 0 spiro atoms. The lowest BCUT2D eigenvalue weighted by atomic mass is 10.0. The largest absolute Gasteiger partial charge is 0.350 e. The SMILES string of the molecule is CCc1ccccc1C(C)=NNC(N)=O. The number of carbonyl (C=O) groups is 1. The van der Waals surface area contributed by atoms with Crippen LogP contribution >= 0.6 is 0 Å². The van der Waals surface area contributed by atoms with Crippen molar-refractivity contribution in [2.75, 3.05) is 0 Å². The minimum atomic E-state index is -0.650. The number of amides is 2. The third-order valence-corrected chi connectivity index (χ3v) is 2.12. The molecule has 0 saturated heterocycles. The van der Waals surface area contributed by atoms with Crippen LogP contribution < -0.4 is 11.2 Å². The van der Waals surface area contributed by atoms with E-state index in [1.54, 1.807) is 0 Å². The molecule has 80 valence electrons. The van der Waals surface area contributed by atoms with Crippen molar-refractivity contribution in [2.24, 2.45) is 10.8 Å². The van der Waals surface area contributed by atoms with Crippen molar-refractivity contribution < 1.29 is 4.79 Å². The second-order valence-electron chi connectivity index (χ2n) is 3.18. The summed E-state index contributed by atoms with van der Waals surface area (Å²) >= 11 is 0. The fraction of sp³-hybridized carbons (Fsp3) is 0.273. The van der Waals surface area contributed by atoms with Crippen LogP contribution in [0, 0.1) is 0 Å². The predicted molar refractivity (Wildman–Crippen MR) is 60.8 cm³/mol. The molecule has 0 unspecified atom stereocenters. The number of benzene rings is 1. The van der Waals surface area contributed by atoms with Crippen LogP contribution in [-0.4, -0.2) is 11.7 Å². The monoisotopic (exact) mass is 205 g/mol. The Bertz CT molecular complexity index is 385. The molecular formula is C11H15N3O. The van der Waals surface area contributed by atoms with E-state index >= 15 is 0 Å². The third-order valence-electron chi connectivity index (χ3n) is 2.12. The van der Waals surface area contributed by atoms with E-state index in [0.717, 1.165) is 17.7 Å². The highest BCUT2D eigenvalue weighted by Gasteiger charge is 2.02. The summed E-state index contributed by atoms with van der Waals surface area (Å²) in [4.78, 5) is 10.5. The second-order valence-corrected chi connectivity index (χ2v) is 3.18. The Morgan fingerprint density at radius 3 is 2.73 bits per heavy atom. The molecule has 1 aromatic rings. The molecule has 4 heteroatoms. The van der Waals surface area contributed by atoms with Gasteiger partial charge in [-0.25, -0.2) is 10.2 Å². The first-order valence-corrected chi connectivity index (χ1v) is 4.83. The molecule has 0 aliphatic heterocycles. The van der Waals surface area contributed by atoms with Crippen molar-refractivity contribution in [2.45, 2.75) is 20.3 Å². The highest BCUT2D eigenvalue weighted by atomic mass is 16.2. The molecule has 15 heavy (non-hydrogen) atoms. The first-order valence-electron chi connectivity index (χ1n) is 4.83. The van der Waals surface area contributed by atoms with Gasteiger partial charge in [-0.1, -0.05) is 31.2 Å². The van der Waals surface area contributed by atoms with Gasteiger partial charge in [0.1, 0.15) is 0 Å². The maximum absolute atomic E-state index is 10.5. The first kappa shape index (κ1) is 11.2. The number of primary amides is 1. The number of rotatable bonds is 3. The van der Waals surface area contributed by atoms with Crippen molar-refractivity contribution in [1.29, 1.82) is 0 Å². The van der Waals surface area contributed by atoms with E-state index in [4.69, 9.17) is 5.73 Å². The molecule has 0 radical (unpaired) electrons. The Hall–Kier alpha value is -1.84. The standard InChI is InChI=1S/C11H15N3O/c1-3-9-6-4-5-7-10(9)8(2)13-14-11(12)15/h4-7H,3H2,1-2H3,(H3,12,14,15). The van der Waals surface area contributed by atoms with Gasteiger partial charge >= 0.3 is 6.03 Å². The summed E-state index contributed by atoms with van der Waals surface area (Å²) in [6.45, 7) is 3.91. The van der Waals surface area contributed by atoms with E-state index in [1.807, 2.05) is 31.2 Å². The van der Waals surface area contributed by atoms with Crippen LogP contribution in [0.3, 0.4) is 0 Å². The molecular weight excluding hydrogens is 190 g/mol. The molecule has 4 nitrogen and oxygen atoms in total. The smallest absolute Gasteiger partial charge is 0.332 e. The molecule has 0 bridgehead atoms. The van der Waals surface area contributed by atoms with E-state index in [2.05, 4.69) is 17.5 Å². The first-order chi connectivity index (χ1) is 7.15. The quantitative estimate of drug-likeness (QED) is 0.571. The summed E-state index contributed by atoms with van der Waals surface area (Å²) in [6, 6.07) is 7.29. The number of nitrogens with one attached hydrogen (secondary N) is 1. The van der Waals surface area contributed by atoms with E-state index in [0.29, 0.717) is 0 Å². The Morgan fingerprint density at radius 1 is 1.47 bits per heavy atom. The Morgan fingerprint density at radius 2 is 2.13 bits per heavy atom. The minimum absolute atomic E-state index is 0.650. The van der Waals surface area contributed by atoms with E-state index in [-0.39, 0.29) is 0 Å². The van der Waals surface area contributed by atoms with Gasteiger partial charge in [0, 0.05) is 5.56 Å². The topological polar surface area (TPSA) is 67.5 Å². The van der Waals surface area contributed by atoms with Gasteiger partial charge in [0.25, 0.3) is 0 Å². The van der Waals surface area contributed by atoms with Crippen molar-refractivity contribution >= 4 is 11.7 Å². The summed E-state index contributed by atoms with van der Waals surface area (Å²) in [6.07, 6.45) is 0.930. The predicted octanol–water partition coefficient (Wildman–Crippen LogP) is 1.64. The third kappa shape index (κ3) is 3.09. The Kier molecular flexibility index (Phi) is 3.85. The highest BCUT2D eigenvalue weighted by Crippen LogP contribution is 2.10. The number of nitrogens with two attached hydrogens (primary N) is 1. The zero-order valence-corrected chi connectivity index (χ0v) is 8.95. The number of aryl methyl sites for hydroxylation is 1. The zero-order chi connectivity index (χ0) is 11.3. The molecule has 2 amide bonds. The zero-order valence-electron chi connectivity index (χ0n) is 8.95. The molecule has 0 aromatic heterocycles. The van der Waals surface area contributed by atoms with Crippen LogP contribution in [0.15, 0.2) is 29.4 Å². The molecule has 1 rings (SSSR count). The van der Waals surface area contributed by atoms with Crippen LogP contribution in [0.4, 0.5) is 4.79 Å². The normalized spacial score (nSPS) is 11.2. The lowest BCUT2D eigenvalue weighted by Gasteiger charge is -2.06. The molecule has 0 fully saturated rings. The van der Waals surface area contributed by atoms with E-state index in [1.165, 1.54) is 5.56 Å². The van der Waals surface area contributed by atoms with Crippen molar-refractivity contribution in [3.05, 3.63) is 35.4 Å². The number of carbonyl (C=O) groups excluding carboxylic acids is 1. The van der Waals surface area contributed by atoms with Gasteiger partial charge in [-0.05, 0) is 18.9 Å². The van der Waals surface area contributed by atoms with Crippen LogP contribution in [0.25, 0.3) is 0 Å². The van der Waals surface area contributed by atoms with Gasteiger partial charge in [0.15, 0.2) is 0 Å². The van der Waals surface area contributed by atoms with Gasteiger partial charge in [-0.15, -0.1) is 0 Å². The maximum atomic E-state index is 10.5. The summed E-state index contributed by atoms with van der Waals surface area (Å²) in [5.74, 6) is 0. The molecule has 0 aliphatic carbocycles. The average molecular weight is 205 g/mol. The van der Waals surface area contributed by atoms with Crippen LogP contribution in [-0.2, 0) is 6.42 Å². The van der Waals surface area contributed by atoms with Crippen molar-refractivity contribution in [3.63, 3.8) is 0 Å². The summed E-state index contributed by atoms with van der Waals surface area (Å²) in [5, 5.41) is 3.89. The molecule has 0 heterocycles. The van der Waals surface area contributed by atoms with E-state index in [9.17, 15) is 4.79 Å². The second kappa shape index (κ2) is 5.14. The number of hydrazone groups is 1. The molecule has 0 aliphatic rings. The Labute approximate surface area is 89.2 Å². The van der Waals surface area contributed by atoms with Gasteiger partial charge in [0.2, 0.25) is 0 Å². The summed E-state index contributed by atoms with van der Waals surface area (Å²) in [5.41, 5.74) is 10.1. The van der Waals surface area contributed by atoms with Crippen LogP contribution in [0.1, 0.15) is 25.0 Å². The van der Waals surface area contributed by atoms with Gasteiger partial charge in [0.05, 0.1) is 5.71 Å². The van der Waals surface area contributed by atoms with Crippen LogP contribution in [0.2, 0.25) is 0 Å². The highest BCUT2D eigenvalue weighted by molar-refractivity contribution is 6.00. The number of hydrogen-bond donors (Lipinski definition) is 2. The summed E-state index contributed by atoms with van der Waals surface area (Å²) in [7, 11) is 0. The van der Waals surface area contributed by atoms with Gasteiger partial charge in [-0.2, -0.15) is 5.10 Å². The van der Waals surface area contributed by atoms with Gasteiger partial charge < -0.3 is 5.73 Å². The molecule has 0 atom stereocenters. The van der Waals surface area contributed by atoms with Gasteiger partial charge in [-0.3, -0.25) is 0 Å². The fourth-order valence-electron chi connectivity index (χ4n) is 1.38. The van der Waals surface area contributed by atoms with Crippen molar-refractivity contribution in [3.8, 4) is 0 Å². The molecule has 1 aromatic carbocycles. The minimum Gasteiger partial charge on any atom is -0.350 e. The lowest BCUT2D eigenvalue weighted by molar-refractivity contribution is 0.249. The average Bonchev–Trinajstić information content (AvgIpc) is 2.25. The summed E-state index contributed by atoms with van der Waals surface area (Å²) < 4.78 is 0. The lowest BCUT2D eigenvalue weighted by Crippen LogP contribution is -2.25. The van der Waals surface area contributed by atoms with E-state index < -0.39 is 6.03 Å². The number of hydrogen-bond acceptors (Lipinski definition) is 2. The number of nitrogens with zero attached hydrogens (tertiary/aromatic N) is 1. The maximum Gasteiger partial charge on any atom is 0.332 e. The Balaban J connectivity index is 2.94. The molecule has 0 saturated carbocycles.